The molecule has 0 amide bonds. The molecule has 0 N–H and O–H groups in total. The largest absolute Gasteiger partial charge is 0.493 e. The second-order valence-corrected chi connectivity index (χ2v) is 4.41. The maximum atomic E-state index is 11.6. The van der Waals surface area contributed by atoms with E-state index in [0.717, 1.165) is 37.1 Å². The van der Waals surface area contributed by atoms with Crippen LogP contribution in [0, 0.1) is 0 Å². The van der Waals surface area contributed by atoms with Gasteiger partial charge in [0.2, 0.25) is 0 Å². The zero-order chi connectivity index (χ0) is 11.5. The van der Waals surface area contributed by atoms with E-state index in [0.29, 0.717) is 12.2 Å². The van der Waals surface area contributed by atoms with Crippen molar-refractivity contribution in [3.8, 4) is 5.75 Å². The Bertz CT molecular complexity index is 384. The summed E-state index contributed by atoms with van der Waals surface area (Å²) in [5.74, 6) is 1.45. The van der Waals surface area contributed by atoms with Crippen LogP contribution in [-0.2, 0) is 11.8 Å². The molecule has 1 heterocycles. The van der Waals surface area contributed by atoms with Gasteiger partial charge in [0.15, 0.2) is 5.75 Å². The molecule has 4 heteroatoms. The minimum absolute atomic E-state index is 0.275. The molecule has 1 unspecified atom stereocenters. The van der Waals surface area contributed by atoms with E-state index in [4.69, 9.17) is 4.74 Å². The highest BCUT2D eigenvalue weighted by atomic mass is 16.5. The Morgan fingerprint density at radius 2 is 2.31 bits per heavy atom. The van der Waals surface area contributed by atoms with Gasteiger partial charge in [0.25, 0.3) is 0 Å². The number of aryl methyl sites for hydroxylation is 1. The van der Waals surface area contributed by atoms with E-state index >= 15 is 0 Å². The van der Waals surface area contributed by atoms with Gasteiger partial charge in [0.05, 0.1) is 19.0 Å². The second-order valence-electron chi connectivity index (χ2n) is 4.41. The molecule has 88 valence electrons. The van der Waals surface area contributed by atoms with Crippen LogP contribution in [0.4, 0.5) is 0 Å². The van der Waals surface area contributed by atoms with Gasteiger partial charge in [-0.3, -0.25) is 9.48 Å². The molecule has 1 aliphatic carbocycles. The van der Waals surface area contributed by atoms with Crippen molar-refractivity contribution >= 4 is 5.78 Å². The molecule has 1 atom stereocenters. The van der Waals surface area contributed by atoms with Crippen molar-refractivity contribution < 1.29 is 9.53 Å². The summed E-state index contributed by atoms with van der Waals surface area (Å²) in [6.45, 7) is 0. The van der Waals surface area contributed by atoms with Gasteiger partial charge in [-0.25, -0.2) is 0 Å². The smallest absolute Gasteiger partial charge is 0.160 e. The van der Waals surface area contributed by atoms with Crippen LogP contribution in [0.2, 0.25) is 0 Å². The van der Waals surface area contributed by atoms with Gasteiger partial charge in [-0.2, -0.15) is 5.10 Å². The van der Waals surface area contributed by atoms with Crippen molar-refractivity contribution in [2.45, 2.75) is 38.0 Å². The predicted molar refractivity (Wildman–Crippen MR) is 60.6 cm³/mol. The number of ketones is 1. The summed E-state index contributed by atoms with van der Waals surface area (Å²) in [4.78, 5) is 11.6. The summed E-state index contributed by atoms with van der Waals surface area (Å²) in [5, 5.41) is 4.20. The normalized spacial score (nSPS) is 21.9. The van der Waals surface area contributed by atoms with E-state index in [1.807, 2.05) is 11.7 Å². The lowest BCUT2D eigenvalue weighted by atomic mass is 9.95. The molecule has 16 heavy (non-hydrogen) atoms. The zero-order valence-corrected chi connectivity index (χ0v) is 9.90. The molecule has 2 rings (SSSR count). The third-order valence-corrected chi connectivity index (χ3v) is 3.29. The first-order valence-corrected chi connectivity index (χ1v) is 5.80. The lowest BCUT2D eigenvalue weighted by Gasteiger charge is -2.15. The number of Topliss-reactive ketones (excluding diaryl/α,β-unsaturated/α-hetero) is 1. The van der Waals surface area contributed by atoms with Gasteiger partial charge < -0.3 is 4.74 Å². The number of hydrogen-bond acceptors (Lipinski definition) is 3. The van der Waals surface area contributed by atoms with Crippen molar-refractivity contribution in [1.82, 2.24) is 9.78 Å². The number of rotatable bonds is 2. The predicted octanol–water partition coefficient (Wildman–Crippen LogP) is 2.05. The molecular formula is C12H18N2O2. The maximum Gasteiger partial charge on any atom is 0.160 e. The summed E-state index contributed by atoms with van der Waals surface area (Å²) in [7, 11) is 3.56. The van der Waals surface area contributed by atoms with Crippen molar-refractivity contribution in [2.75, 3.05) is 7.11 Å². The van der Waals surface area contributed by atoms with Gasteiger partial charge in [-0.05, 0) is 12.8 Å². The van der Waals surface area contributed by atoms with E-state index < -0.39 is 0 Å². The maximum absolute atomic E-state index is 11.6. The first kappa shape index (κ1) is 11.2. The average Bonchev–Trinajstić information content (AvgIpc) is 2.50. The molecule has 1 aliphatic rings. The Kier molecular flexibility index (Phi) is 3.27. The number of ether oxygens (including phenoxy) is 1. The highest BCUT2D eigenvalue weighted by Gasteiger charge is 2.25. The van der Waals surface area contributed by atoms with Crippen LogP contribution in [0.25, 0.3) is 0 Å². The average molecular weight is 222 g/mol. The molecule has 4 nitrogen and oxygen atoms in total. The molecule has 1 aromatic heterocycles. The molecule has 0 radical (unpaired) electrons. The Labute approximate surface area is 95.6 Å². The van der Waals surface area contributed by atoms with Gasteiger partial charge >= 0.3 is 0 Å². The summed E-state index contributed by atoms with van der Waals surface area (Å²) in [6, 6.07) is 0. The van der Waals surface area contributed by atoms with Crippen LogP contribution in [-0.4, -0.2) is 22.7 Å². The second kappa shape index (κ2) is 4.68. The lowest BCUT2D eigenvalue weighted by Crippen LogP contribution is -2.09. The fraction of sp³-hybridized carbons (Fsp3) is 0.667. The fourth-order valence-electron chi connectivity index (χ4n) is 2.47. The van der Waals surface area contributed by atoms with Crippen LogP contribution in [0.15, 0.2) is 6.20 Å². The molecule has 0 aromatic carbocycles. The van der Waals surface area contributed by atoms with E-state index in [1.165, 1.54) is 0 Å². The molecule has 1 fully saturated rings. The van der Waals surface area contributed by atoms with Crippen LogP contribution in [0.3, 0.4) is 0 Å². The number of carbonyl (C=O) groups excluding carboxylic acids is 1. The van der Waals surface area contributed by atoms with E-state index in [2.05, 4.69) is 5.10 Å². The Morgan fingerprint density at radius 3 is 3.06 bits per heavy atom. The molecule has 0 aliphatic heterocycles. The molecule has 0 saturated heterocycles. The van der Waals surface area contributed by atoms with E-state index in [1.54, 1.807) is 13.3 Å². The minimum Gasteiger partial charge on any atom is -0.493 e. The van der Waals surface area contributed by atoms with Gasteiger partial charge in [0, 0.05) is 25.8 Å². The highest BCUT2D eigenvalue weighted by molar-refractivity contribution is 5.79. The van der Waals surface area contributed by atoms with Gasteiger partial charge in [-0.1, -0.05) is 6.42 Å². The molecule has 1 aromatic rings. The first-order valence-electron chi connectivity index (χ1n) is 5.80. The molecule has 0 spiro atoms. The monoisotopic (exact) mass is 222 g/mol. The summed E-state index contributed by atoms with van der Waals surface area (Å²) < 4.78 is 7.14. The summed E-state index contributed by atoms with van der Waals surface area (Å²) >= 11 is 0. The minimum atomic E-state index is 0.275. The number of hydrogen-bond donors (Lipinski definition) is 0. The Hall–Kier alpha value is -1.32. The van der Waals surface area contributed by atoms with Crippen molar-refractivity contribution in [1.29, 1.82) is 0 Å². The number of nitrogens with zero attached hydrogens (tertiary/aromatic N) is 2. The number of methoxy groups -OCH3 is 1. The van der Waals surface area contributed by atoms with E-state index in [-0.39, 0.29) is 5.92 Å². The van der Waals surface area contributed by atoms with Crippen LogP contribution in [0.5, 0.6) is 5.75 Å². The van der Waals surface area contributed by atoms with Crippen LogP contribution < -0.4 is 4.74 Å². The molecular weight excluding hydrogens is 204 g/mol. The quantitative estimate of drug-likeness (QED) is 0.719. The van der Waals surface area contributed by atoms with Gasteiger partial charge in [-0.15, -0.1) is 0 Å². The van der Waals surface area contributed by atoms with E-state index in [9.17, 15) is 4.79 Å². The third kappa shape index (κ3) is 2.10. The SMILES string of the molecule is COc1cnn(C)c1C1CCCCC(=O)C1. The fourth-order valence-corrected chi connectivity index (χ4v) is 2.47. The lowest BCUT2D eigenvalue weighted by molar-refractivity contribution is -0.119. The Morgan fingerprint density at radius 1 is 1.50 bits per heavy atom. The first-order chi connectivity index (χ1) is 7.72. The van der Waals surface area contributed by atoms with Crippen molar-refractivity contribution in [3.63, 3.8) is 0 Å². The topological polar surface area (TPSA) is 44.1 Å². The zero-order valence-electron chi connectivity index (χ0n) is 9.90. The highest BCUT2D eigenvalue weighted by Crippen LogP contribution is 2.34. The van der Waals surface area contributed by atoms with Crippen LogP contribution in [0.1, 0.15) is 43.7 Å². The standard InChI is InChI=1S/C12H18N2O2/c1-14-12(11(16-2)8-13-14)9-5-3-4-6-10(15)7-9/h8-9H,3-7H2,1-2H3. The summed E-state index contributed by atoms with van der Waals surface area (Å²) in [5.41, 5.74) is 1.07. The number of carbonyl (C=O) groups is 1. The Balaban J connectivity index is 2.27. The molecule has 0 bridgehead atoms. The number of aromatic nitrogens is 2. The van der Waals surface area contributed by atoms with Crippen molar-refractivity contribution in [2.24, 2.45) is 7.05 Å². The third-order valence-electron chi connectivity index (χ3n) is 3.29. The van der Waals surface area contributed by atoms with Crippen LogP contribution >= 0.6 is 0 Å². The van der Waals surface area contributed by atoms with Crippen molar-refractivity contribution in [3.05, 3.63) is 11.9 Å². The molecule has 1 saturated carbocycles. The van der Waals surface area contributed by atoms with Gasteiger partial charge in [0.1, 0.15) is 5.78 Å². The summed E-state index contributed by atoms with van der Waals surface area (Å²) in [6.07, 6.45) is 6.29.